The van der Waals surface area contributed by atoms with E-state index >= 15 is 0 Å². The number of ether oxygens (including phenoxy) is 1. The van der Waals surface area contributed by atoms with Gasteiger partial charge in [0.1, 0.15) is 0 Å². The van der Waals surface area contributed by atoms with Crippen LogP contribution in [0, 0.1) is 15.9 Å². The summed E-state index contributed by atoms with van der Waals surface area (Å²) in [5, 5.41) is 19.0. The molecule has 10 nitrogen and oxygen atoms in total. The van der Waals surface area contributed by atoms with Crippen molar-refractivity contribution in [3.8, 4) is 5.75 Å². The highest BCUT2D eigenvalue weighted by Crippen LogP contribution is 2.30. The van der Waals surface area contributed by atoms with Crippen LogP contribution in [0.5, 0.6) is 5.75 Å². The lowest BCUT2D eigenvalue weighted by molar-refractivity contribution is -0.388. The van der Waals surface area contributed by atoms with Gasteiger partial charge in [-0.3, -0.25) is 19.2 Å². The van der Waals surface area contributed by atoms with E-state index in [1.54, 1.807) is 0 Å². The lowest BCUT2D eigenvalue weighted by Crippen LogP contribution is -2.02. The van der Waals surface area contributed by atoms with Crippen molar-refractivity contribution in [2.45, 2.75) is 0 Å². The number of rotatable bonds is 3. The zero-order chi connectivity index (χ0) is 16.1. The lowest BCUT2D eigenvalue weighted by atomic mass is 10.2. The molecule has 0 heterocycles. The average molecular weight is 313 g/mol. The number of aromatic carboxylic acids is 1. The van der Waals surface area contributed by atoms with Gasteiger partial charge in [0.2, 0.25) is 11.6 Å². The Morgan fingerprint density at radius 3 is 2.15 bits per heavy atom. The van der Waals surface area contributed by atoms with E-state index in [9.17, 15) is 19.3 Å². The summed E-state index contributed by atoms with van der Waals surface area (Å²) < 4.78 is 49.2. The third-order valence-corrected chi connectivity index (χ3v) is 1.68. The first-order valence-electron chi connectivity index (χ1n) is 4.42. The Bertz CT molecular complexity index is 619. The van der Waals surface area contributed by atoms with Crippen LogP contribution in [0.4, 0.5) is 10.1 Å². The molecule has 0 spiro atoms. The Labute approximate surface area is 111 Å². The Kier molecular flexibility index (Phi) is 5.96. The number of carboxylic acids is 1. The van der Waals surface area contributed by atoms with Gasteiger partial charge in [0.05, 0.1) is 17.6 Å². The molecule has 0 aromatic heterocycles. The molecule has 0 radical (unpaired) electrons. The molecule has 20 heavy (non-hydrogen) atoms. The Balaban J connectivity index is 0.000000621. The molecule has 0 bridgehead atoms. The zero-order valence-corrected chi connectivity index (χ0v) is 10.5. The number of hydrogen-bond acceptors (Lipinski definition) is 6. The van der Waals surface area contributed by atoms with E-state index in [4.69, 9.17) is 22.6 Å². The molecule has 1 aromatic rings. The maximum absolute atomic E-state index is 13.1. The topological polar surface area (TPSA) is 164 Å². The molecule has 0 aliphatic carbocycles. The quantitative estimate of drug-likeness (QED) is 0.415. The fourth-order valence-electron chi connectivity index (χ4n) is 1.03. The molecule has 1 aromatic carbocycles. The molecule has 0 unspecified atom stereocenters. The molecule has 1 rings (SSSR count). The number of carboxylic acid groups (broad SMARTS) is 1. The van der Waals surface area contributed by atoms with Crippen LogP contribution in [0.15, 0.2) is 12.1 Å². The second kappa shape index (κ2) is 6.74. The number of nitro benzene ring substituents is 1. The van der Waals surface area contributed by atoms with Crippen molar-refractivity contribution < 1.29 is 41.5 Å². The van der Waals surface area contributed by atoms with Gasteiger partial charge in [-0.15, -0.1) is 0 Å². The van der Waals surface area contributed by atoms with Gasteiger partial charge in [0, 0.05) is 6.07 Å². The first kappa shape index (κ1) is 17.7. The van der Waals surface area contributed by atoms with Gasteiger partial charge in [-0.25, -0.2) is 4.79 Å². The average Bonchev–Trinajstić information content (AvgIpc) is 2.24. The minimum atomic E-state index is -4.67. The van der Waals surface area contributed by atoms with Crippen molar-refractivity contribution in [3.63, 3.8) is 0 Å². The van der Waals surface area contributed by atoms with E-state index in [1.165, 1.54) is 0 Å². The van der Waals surface area contributed by atoms with Crippen LogP contribution >= 0.6 is 0 Å². The van der Waals surface area contributed by atoms with Gasteiger partial charge in [0.25, 0.3) is 0 Å². The van der Waals surface area contributed by atoms with Crippen molar-refractivity contribution in [3.05, 3.63) is 33.6 Å². The monoisotopic (exact) mass is 313 g/mol. The van der Waals surface area contributed by atoms with Gasteiger partial charge in [0.15, 0.2) is 0 Å². The largest absolute Gasteiger partial charge is 0.490 e. The standard InChI is InChI=1S/C8H6FNO5.H2O4S/c1-15-6-3-4(8(11)12)2-5(9)7(6)10(13)14;1-5(2,3)4/h2-3H,1H3,(H,11,12);(H2,1,2,3,4). The first-order valence-corrected chi connectivity index (χ1v) is 5.82. The number of carbonyl (C=O) groups is 1. The van der Waals surface area contributed by atoms with E-state index in [0.29, 0.717) is 6.07 Å². The highest BCUT2D eigenvalue weighted by molar-refractivity contribution is 7.79. The van der Waals surface area contributed by atoms with Crippen LogP contribution in [0.1, 0.15) is 10.4 Å². The van der Waals surface area contributed by atoms with Crippen LogP contribution in [0.2, 0.25) is 0 Å². The van der Waals surface area contributed by atoms with E-state index in [0.717, 1.165) is 13.2 Å². The summed E-state index contributed by atoms with van der Waals surface area (Å²) in [7, 11) is -3.58. The van der Waals surface area contributed by atoms with Gasteiger partial charge in [-0.2, -0.15) is 12.8 Å². The Morgan fingerprint density at radius 1 is 1.40 bits per heavy atom. The lowest BCUT2D eigenvalue weighted by Gasteiger charge is -2.03. The smallest absolute Gasteiger partial charge is 0.394 e. The Hall–Kier alpha value is -2.31. The third kappa shape index (κ3) is 6.03. The van der Waals surface area contributed by atoms with Crippen molar-refractivity contribution in [2.24, 2.45) is 0 Å². The predicted octanol–water partition coefficient (Wildman–Crippen LogP) is 0.788. The molecule has 0 saturated heterocycles. The fraction of sp³-hybridized carbons (Fsp3) is 0.125. The molecular weight excluding hydrogens is 305 g/mol. The molecule has 0 saturated carbocycles. The van der Waals surface area contributed by atoms with E-state index in [1.807, 2.05) is 0 Å². The van der Waals surface area contributed by atoms with Crippen molar-refractivity contribution in [2.75, 3.05) is 7.11 Å². The molecule has 0 aliphatic rings. The van der Waals surface area contributed by atoms with Gasteiger partial charge >= 0.3 is 22.1 Å². The van der Waals surface area contributed by atoms with Crippen LogP contribution in [0.3, 0.4) is 0 Å². The molecule has 112 valence electrons. The molecule has 3 N–H and O–H groups in total. The summed E-state index contributed by atoms with van der Waals surface area (Å²) in [6.45, 7) is 0. The van der Waals surface area contributed by atoms with Crippen LogP contribution in [0.25, 0.3) is 0 Å². The highest BCUT2D eigenvalue weighted by atomic mass is 32.3. The summed E-state index contributed by atoms with van der Waals surface area (Å²) in [4.78, 5) is 20.0. The minimum absolute atomic E-state index is 0.407. The SMILES string of the molecule is COc1cc(C(=O)O)cc(F)c1[N+](=O)[O-].O=S(=O)(O)O. The molecular formula is C8H8FNO9S. The molecule has 0 fully saturated rings. The number of hydrogen-bond donors (Lipinski definition) is 3. The van der Waals surface area contributed by atoms with E-state index < -0.39 is 44.1 Å². The number of benzene rings is 1. The van der Waals surface area contributed by atoms with Crippen molar-refractivity contribution in [1.29, 1.82) is 0 Å². The minimum Gasteiger partial charge on any atom is -0.490 e. The number of methoxy groups -OCH3 is 1. The summed E-state index contributed by atoms with van der Waals surface area (Å²) in [6.07, 6.45) is 0. The first-order chi connectivity index (χ1) is 8.97. The molecule has 0 aliphatic heterocycles. The normalized spacial score (nSPS) is 10.2. The fourth-order valence-corrected chi connectivity index (χ4v) is 1.03. The van der Waals surface area contributed by atoms with Gasteiger partial charge in [-0.05, 0) is 6.07 Å². The van der Waals surface area contributed by atoms with Crippen LogP contribution in [-0.2, 0) is 10.4 Å². The van der Waals surface area contributed by atoms with E-state index in [-0.39, 0.29) is 0 Å². The Morgan fingerprint density at radius 2 is 1.85 bits per heavy atom. The molecule has 12 heteroatoms. The maximum atomic E-state index is 13.1. The second-order valence-corrected chi connectivity index (χ2v) is 3.91. The van der Waals surface area contributed by atoms with Gasteiger partial charge in [-0.1, -0.05) is 0 Å². The van der Waals surface area contributed by atoms with Crippen molar-refractivity contribution >= 4 is 22.1 Å². The highest BCUT2D eigenvalue weighted by Gasteiger charge is 2.24. The summed E-state index contributed by atoms with van der Waals surface area (Å²) in [5.74, 6) is -3.05. The zero-order valence-electron chi connectivity index (χ0n) is 9.68. The van der Waals surface area contributed by atoms with Crippen LogP contribution < -0.4 is 4.74 Å². The number of nitrogens with zero attached hydrogens (tertiary/aromatic N) is 1. The van der Waals surface area contributed by atoms with Crippen LogP contribution in [-0.4, -0.2) is 40.6 Å². The summed E-state index contributed by atoms with van der Waals surface area (Å²) in [6, 6.07) is 1.46. The number of nitro groups is 1. The predicted molar refractivity (Wildman–Crippen MR) is 60.7 cm³/mol. The molecule has 0 atom stereocenters. The van der Waals surface area contributed by atoms with E-state index in [2.05, 4.69) is 4.74 Å². The summed E-state index contributed by atoms with van der Waals surface area (Å²) in [5.41, 5.74) is -1.28. The molecule has 0 amide bonds. The van der Waals surface area contributed by atoms with Gasteiger partial charge < -0.3 is 9.84 Å². The van der Waals surface area contributed by atoms with Crippen molar-refractivity contribution in [1.82, 2.24) is 0 Å². The summed E-state index contributed by atoms with van der Waals surface area (Å²) >= 11 is 0. The number of halogens is 1. The third-order valence-electron chi connectivity index (χ3n) is 1.68. The second-order valence-electron chi connectivity index (χ2n) is 3.02. The maximum Gasteiger partial charge on any atom is 0.394 e.